The fourth-order valence-corrected chi connectivity index (χ4v) is 6.23. The molecule has 0 aromatic carbocycles. The van der Waals surface area contributed by atoms with Crippen molar-refractivity contribution in [1.29, 1.82) is 0 Å². The number of methoxy groups -OCH3 is 1. The summed E-state index contributed by atoms with van der Waals surface area (Å²) in [6.07, 6.45) is 5.89. The topological polar surface area (TPSA) is 252 Å². The fraction of sp³-hybridized carbons (Fsp3) is 0.400. The number of ether oxygens (including phenoxy) is 1. The summed E-state index contributed by atoms with van der Waals surface area (Å²) in [5.74, 6) is -0.217. The van der Waals surface area contributed by atoms with E-state index in [9.17, 15) is 14.7 Å². The second kappa shape index (κ2) is 15.9. The number of rotatable bonds is 15. The predicted octanol–water partition coefficient (Wildman–Crippen LogP) is 6.02. The minimum Gasteiger partial charge on any atom is -0.464 e. The van der Waals surface area contributed by atoms with E-state index in [0.29, 0.717) is 57.3 Å². The average Bonchev–Trinajstić information content (AvgIpc) is 3.86. The SMILES string of the molecule is CCCCc1nn(-c2cc(-n3nc(CCCC)c(/N=N/c4sc(C)nc4C(=O)OC)c3N)ncn2)c(N)c1/N=N/c1sc(C)nc1C(=O)CO. The van der Waals surface area contributed by atoms with Gasteiger partial charge in [-0.05, 0) is 39.5 Å². The van der Waals surface area contributed by atoms with Crippen LogP contribution in [0, 0.1) is 13.8 Å². The molecule has 5 rings (SSSR count). The first-order valence-electron chi connectivity index (χ1n) is 15.7. The van der Waals surface area contributed by atoms with Crippen molar-refractivity contribution in [3.8, 4) is 11.6 Å². The third-order valence-corrected chi connectivity index (χ3v) is 8.95. The Kier molecular flexibility index (Phi) is 11.4. The van der Waals surface area contributed by atoms with Gasteiger partial charge in [-0.2, -0.15) is 19.6 Å². The smallest absolute Gasteiger partial charge is 0.359 e. The van der Waals surface area contributed by atoms with Crippen LogP contribution in [-0.4, -0.2) is 70.1 Å². The molecule has 5 heterocycles. The number of nitrogens with two attached hydrogens (primary N) is 2. The van der Waals surface area contributed by atoms with E-state index >= 15 is 0 Å². The lowest BCUT2D eigenvalue weighted by Gasteiger charge is -2.06. The molecular formula is C30H36N14O4S2. The molecule has 5 aromatic heterocycles. The molecule has 0 bridgehead atoms. The Morgan fingerprint density at radius 2 is 1.30 bits per heavy atom. The van der Waals surface area contributed by atoms with Gasteiger partial charge in [-0.1, -0.05) is 49.4 Å². The summed E-state index contributed by atoms with van der Waals surface area (Å²) in [6.45, 7) is 6.91. The molecule has 50 heavy (non-hydrogen) atoms. The molecule has 262 valence electrons. The summed E-state index contributed by atoms with van der Waals surface area (Å²) < 4.78 is 7.71. The molecule has 0 aliphatic rings. The van der Waals surface area contributed by atoms with Crippen LogP contribution in [0.4, 0.5) is 33.0 Å². The van der Waals surface area contributed by atoms with Gasteiger partial charge < -0.3 is 21.3 Å². The zero-order valence-electron chi connectivity index (χ0n) is 28.1. The lowest BCUT2D eigenvalue weighted by Crippen LogP contribution is -2.09. The van der Waals surface area contributed by atoms with E-state index in [0.717, 1.165) is 25.7 Å². The number of hydrogen-bond acceptors (Lipinski definition) is 18. The Bertz CT molecular complexity index is 1930. The molecule has 0 saturated carbocycles. The number of nitrogens with zero attached hydrogens (tertiary/aromatic N) is 12. The number of aromatic nitrogens is 8. The molecule has 18 nitrogen and oxygen atoms in total. The van der Waals surface area contributed by atoms with Gasteiger partial charge in [0.1, 0.15) is 18.6 Å². The van der Waals surface area contributed by atoms with Crippen LogP contribution in [0.15, 0.2) is 32.9 Å². The number of aliphatic hydroxyl groups is 1. The fourth-order valence-electron chi connectivity index (χ4n) is 4.75. The highest BCUT2D eigenvalue weighted by Crippen LogP contribution is 2.37. The van der Waals surface area contributed by atoms with E-state index in [1.54, 1.807) is 19.9 Å². The Labute approximate surface area is 294 Å². The van der Waals surface area contributed by atoms with Crippen LogP contribution in [0.2, 0.25) is 0 Å². The monoisotopic (exact) mass is 720 g/mol. The maximum atomic E-state index is 12.2. The standard InChI is InChI=1S/C30H36N14O4S2/c1-6-8-10-17-22(37-39-28-24(19(46)13-45)35-15(3)49-28)26(31)43(41-17)20-12-21(34-14-33-20)44-27(32)23(18(42-44)11-9-7-2)38-40-29-25(30(47)48-5)36-16(4)50-29/h12,14,45H,6-11,13,31-32H2,1-5H3/b39-37+,40-38+. The van der Waals surface area contributed by atoms with E-state index in [1.165, 1.54) is 45.5 Å². The van der Waals surface area contributed by atoms with Crippen molar-refractivity contribution >= 4 is 67.4 Å². The van der Waals surface area contributed by atoms with Crippen molar-refractivity contribution in [2.45, 2.75) is 66.2 Å². The van der Waals surface area contributed by atoms with Crippen LogP contribution in [0.25, 0.3) is 11.6 Å². The number of esters is 1. The van der Waals surface area contributed by atoms with Gasteiger partial charge in [-0.25, -0.2) is 24.7 Å². The predicted molar refractivity (Wildman–Crippen MR) is 187 cm³/mol. The summed E-state index contributed by atoms with van der Waals surface area (Å²) in [5, 5.41) is 38.0. The molecule has 0 atom stereocenters. The maximum Gasteiger partial charge on any atom is 0.359 e. The van der Waals surface area contributed by atoms with Gasteiger partial charge in [-0.3, -0.25) is 4.79 Å². The summed E-state index contributed by atoms with van der Waals surface area (Å²) in [6, 6.07) is 1.62. The number of thiazole rings is 2. The largest absolute Gasteiger partial charge is 0.464 e. The highest BCUT2D eigenvalue weighted by molar-refractivity contribution is 7.16. The third-order valence-electron chi connectivity index (χ3n) is 7.24. The van der Waals surface area contributed by atoms with Crippen molar-refractivity contribution in [2.24, 2.45) is 20.5 Å². The van der Waals surface area contributed by atoms with E-state index in [4.69, 9.17) is 26.4 Å². The van der Waals surface area contributed by atoms with Crippen molar-refractivity contribution in [1.82, 2.24) is 39.5 Å². The first-order chi connectivity index (χ1) is 24.1. The van der Waals surface area contributed by atoms with Crippen molar-refractivity contribution in [3.05, 3.63) is 45.2 Å². The van der Waals surface area contributed by atoms with Crippen LogP contribution < -0.4 is 11.5 Å². The summed E-state index contributed by atoms with van der Waals surface area (Å²) in [4.78, 5) is 41.7. The number of nitrogen functional groups attached to an aromatic ring is 2. The van der Waals surface area contributed by atoms with Gasteiger partial charge in [0.05, 0.1) is 28.5 Å². The second-order valence-corrected chi connectivity index (χ2v) is 13.2. The first-order valence-corrected chi connectivity index (χ1v) is 17.3. The highest BCUT2D eigenvalue weighted by Gasteiger charge is 2.23. The van der Waals surface area contributed by atoms with Crippen molar-refractivity contribution < 1.29 is 19.4 Å². The Morgan fingerprint density at radius 1 is 0.820 bits per heavy atom. The molecule has 0 radical (unpaired) electrons. The number of aryl methyl sites for hydroxylation is 4. The average molecular weight is 721 g/mol. The first kappa shape index (κ1) is 36.0. The lowest BCUT2D eigenvalue weighted by atomic mass is 10.2. The molecule has 0 fully saturated rings. The number of carbonyl (C=O) groups excluding carboxylic acids is 2. The summed E-state index contributed by atoms with van der Waals surface area (Å²) in [5.41, 5.74) is 15.1. The zero-order chi connectivity index (χ0) is 35.9. The number of azo groups is 2. The van der Waals surface area contributed by atoms with E-state index in [1.807, 2.05) is 0 Å². The second-order valence-electron chi connectivity index (χ2n) is 10.9. The van der Waals surface area contributed by atoms with Gasteiger partial charge in [-0.15, -0.1) is 20.5 Å². The molecule has 0 spiro atoms. The lowest BCUT2D eigenvalue weighted by molar-refractivity contribution is 0.0595. The minimum atomic E-state index is -0.698. The number of anilines is 2. The molecule has 0 saturated heterocycles. The molecule has 0 amide bonds. The number of unbranched alkanes of at least 4 members (excludes halogenated alkanes) is 2. The normalized spacial score (nSPS) is 11.7. The molecule has 20 heteroatoms. The Morgan fingerprint density at radius 3 is 1.76 bits per heavy atom. The van der Waals surface area contributed by atoms with Gasteiger partial charge >= 0.3 is 5.97 Å². The quantitative estimate of drug-likeness (QED) is 0.0638. The number of hydrogen-bond donors (Lipinski definition) is 3. The van der Waals surface area contributed by atoms with Crippen molar-refractivity contribution in [2.75, 3.05) is 25.2 Å². The molecule has 0 unspecified atom stereocenters. The van der Waals surface area contributed by atoms with Gasteiger partial charge in [0.15, 0.2) is 50.3 Å². The Hall–Kier alpha value is -5.34. The van der Waals surface area contributed by atoms with Gasteiger partial charge in [0, 0.05) is 6.07 Å². The number of aliphatic hydroxyl groups excluding tert-OH is 1. The van der Waals surface area contributed by atoms with E-state index in [-0.39, 0.29) is 33.0 Å². The van der Waals surface area contributed by atoms with Gasteiger partial charge in [0.25, 0.3) is 0 Å². The molecule has 0 aliphatic carbocycles. The molecule has 5 N–H and O–H groups in total. The van der Waals surface area contributed by atoms with E-state index in [2.05, 4.69) is 54.2 Å². The summed E-state index contributed by atoms with van der Waals surface area (Å²) >= 11 is 2.37. The zero-order valence-corrected chi connectivity index (χ0v) is 29.7. The maximum absolute atomic E-state index is 12.2. The van der Waals surface area contributed by atoms with Crippen LogP contribution in [0.1, 0.15) is 81.9 Å². The number of Topliss-reactive ketones (excluding diaryl/α,β-unsaturated/α-hetero) is 1. The number of carbonyl (C=O) groups is 2. The number of ketones is 1. The van der Waals surface area contributed by atoms with Crippen LogP contribution in [0.5, 0.6) is 0 Å². The van der Waals surface area contributed by atoms with Crippen LogP contribution in [-0.2, 0) is 17.6 Å². The van der Waals surface area contributed by atoms with Crippen molar-refractivity contribution in [3.63, 3.8) is 0 Å². The highest BCUT2D eigenvalue weighted by atomic mass is 32.1. The molecular weight excluding hydrogens is 685 g/mol. The minimum absolute atomic E-state index is 0.0420. The van der Waals surface area contributed by atoms with Crippen LogP contribution in [0.3, 0.4) is 0 Å². The van der Waals surface area contributed by atoms with Gasteiger partial charge in [0.2, 0.25) is 5.78 Å². The molecule has 0 aliphatic heterocycles. The van der Waals surface area contributed by atoms with E-state index < -0.39 is 18.4 Å². The van der Waals surface area contributed by atoms with Crippen LogP contribution >= 0.6 is 22.7 Å². The molecule has 5 aromatic rings. The summed E-state index contributed by atoms with van der Waals surface area (Å²) in [7, 11) is 1.27. The third kappa shape index (κ3) is 7.61. The Balaban J connectivity index is 1.54.